The summed E-state index contributed by atoms with van der Waals surface area (Å²) in [5, 5.41) is 8.05. The highest BCUT2D eigenvalue weighted by Crippen LogP contribution is 2.08. The lowest BCUT2D eigenvalue weighted by atomic mass is 10.2. The molecule has 0 amide bonds. The van der Waals surface area contributed by atoms with Crippen LogP contribution in [0.1, 0.15) is 38.4 Å². The lowest BCUT2D eigenvalue weighted by Crippen LogP contribution is -2.19. The summed E-state index contributed by atoms with van der Waals surface area (Å²) in [5.74, 6) is 3.14. The third kappa shape index (κ3) is 5.91. The summed E-state index contributed by atoms with van der Waals surface area (Å²) in [5.41, 5.74) is 2.49. The molecule has 3 nitrogen and oxygen atoms in total. The first kappa shape index (κ1) is 15.6. The van der Waals surface area contributed by atoms with Crippen molar-refractivity contribution < 1.29 is 0 Å². The molecule has 1 aromatic rings. The number of rotatable bonds is 9. The number of thioether (sulfide) groups is 1. The van der Waals surface area contributed by atoms with Crippen LogP contribution in [0.2, 0.25) is 0 Å². The van der Waals surface area contributed by atoms with Gasteiger partial charge in [0.2, 0.25) is 0 Å². The van der Waals surface area contributed by atoms with Crippen molar-refractivity contribution in [3.05, 3.63) is 17.5 Å². The first-order chi connectivity index (χ1) is 8.63. The monoisotopic (exact) mass is 269 g/mol. The van der Waals surface area contributed by atoms with E-state index in [0.717, 1.165) is 25.3 Å². The summed E-state index contributed by atoms with van der Waals surface area (Å²) < 4.78 is 2.10. The van der Waals surface area contributed by atoms with E-state index in [0.29, 0.717) is 5.92 Å². The number of aryl methyl sites for hydroxylation is 2. The molecule has 1 aromatic heterocycles. The van der Waals surface area contributed by atoms with Crippen LogP contribution in [-0.4, -0.2) is 27.8 Å². The van der Waals surface area contributed by atoms with Gasteiger partial charge in [0.05, 0.1) is 5.69 Å². The van der Waals surface area contributed by atoms with Gasteiger partial charge in [0.25, 0.3) is 0 Å². The van der Waals surface area contributed by atoms with Crippen LogP contribution in [0.3, 0.4) is 0 Å². The maximum Gasteiger partial charge on any atom is 0.0638 e. The predicted molar refractivity (Wildman–Crippen MR) is 81.1 cm³/mol. The molecule has 0 radical (unpaired) electrons. The maximum atomic E-state index is 4.57. The maximum absolute atomic E-state index is 4.57. The average Bonchev–Trinajstić information content (AvgIpc) is 2.65. The van der Waals surface area contributed by atoms with Gasteiger partial charge < -0.3 is 5.32 Å². The minimum atomic E-state index is 0.700. The molecule has 104 valence electrons. The summed E-state index contributed by atoms with van der Waals surface area (Å²) in [6, 6.07) is 0. The third-order valence-corrected chi connectivity index (χ3v) is 3.78. The van der Waals surface area contributed by atoms with Crippen LogP contribution >= 0.6 is 11.8 Å². The highest BCUT2D eigenvalue weighted by atomic mass is 32.2. The van der Waals surface area contributed by atoms with Gasteiger partial charge in [-0.15, -0.1) is 0 Å². The second-order valence-corrected chi connectivity index (χ2v) is 6.47. The molecule has 0 spiro atoms. The van der Waals surface area contributed by atoms with Crippen LogP contribution in [0.4, 0.5) is 0 Å². The van der Waals surface area contributed by atoms with Gasteiger partial charge in [-0.05, 0) is 37.3 Å². The molecule has 18 heavy (non-hydrogen) atoms. The lowest BCUT2D eigenvalue weighted by Gasteiger charge is -2.05. The zero-order chi connectivity index (χ0) is 13.4. The van der Waals surface area contributed by atoms with E-state index in [1.54, 1.807) is 0 Å². The van der Waals surface area contributed by atoms with Gasteiger partial charge in [-0.1, -0.05) is 20.8 Å². The van der Waals surface area contributed by atoms with Crippen LogP contribution in [0.25, 0.3) is 0 Å². The molecule has 0 bridgehead atoms. The molecule has 0 aliphatic carbocycles. The van der Waals surface area contributed by atoms with E-state index in [2.05, 4.69) is 49.0 Å². The van der Waals surface area contributed by atoms with Gasteiger partial charge in [-0.3, -0.25) is 4.68 Å². The summed E-state index contributed by atoms with van der Waals surface area (Å²) >= 11 is 2.00. The van der Waals surface area contributed by atoms with E-state index in [1.807, 2.05) is 11.8 Å². The van der Waals surface area contributed by atoms with Crippen LogP contribution < -0.4 is 5.32 Å². The molecule has 1 heterocycles. The quantitative estimate of drug-likeness (QED) is 0.699. The molecule has 0 atom stereocenters. The van der Waals surface area contributed by atoms with E-state index in [9.17, 15) is 0 Å². The van der Waals surface area contributed by atoms with Crippen LogP contribution in [0.15, 0.2) is 6.20 Å². The van der Waals surface area contributed by atoms with Gasteiger partial charge in [-0.25, -0.2) is 0 Å². The van der Waals surface area contributed by atoms with Crippen molar-refractivity contribution in [2.75, 3.05) is 18.1 Å². The molecular weight excluding hydrogens is 242 g/mol. The zero-order valence-electron chi connectivity index (χ0n) is 12.2. The Balaban J connectivity index is 2.33. The highest BCUT2D eigenvalue weighted by molar-refractivity contribution is 7.99. The predicted octanol–water partition coefficient (Wildman–Crippen LogP) is 3.08. The summed E-state index contributed by atoms with van der Waals surface area (Å²) in [6.07, 6.45) is 3.40. The Kier molecular flexibility index (Phi) is 7.44. The van der Waals surface area contributed by atoms with Crippen molar-refractivity contribution in [3.63, 3.8) is 0 Å². The van der Waals surface area contributed by atoms with Gasteiger partial charge in [0.1, 0.15) is 0 Å². The minimum absolute atomic E-state index is 0.700. The Morgan fingerprint density at radius 2 is 2.22 bits per heavy atom. The summed E-state index contributed by atoms with van der Waals surface area (Å²) in [7, 11) is 0. The minimum Gasteiger partial charge on any atom is -0.312 e. The molecule has 0 aliphatic heterocycles. The molecule has 0 saturated heterocycles. The Morgan fingerprint density at radius 3 is 2.89 bits per heavy atom. The number of aromatic nitrogens is 2. The smallest absolute Gasteiger partial charge is 0.0638 e. The Labute approximate surface area is 116 Å². The molecular formula is C14H27N3S. The average molecular weight is 269 g/mol. The molecule has 1 N–H and O–H groups in total. The van der Waals surface area contributed by atoms with Crippen LogP contribution in [0, 0.1) is 12.8 Å². The van der Waals surface area contributed by atoms with Crippen molar-refractivity contribution in [2.24, 2.45) is 5.92 Å². The largest absolute Gasteiger partial charge is 0.312 e. The van der Waals surface area contributed by atoms with Gasteiger partial charge in [-0.2, -0.15) is 16.9 Å². The molecule has 0 aliphatic rings. The highest BCUT2D eigenvalue weighted by Gasteiger charge is 2.04. The standard InChI is InChI=1S/C14H27N3S/c1-5-18-8-6-7-17-11-14(13(4)16-17)10-15-9-12(2)3/h11-12,15H,5-10H2,1-4H3. The molecule has 4 heteroatoms. The molecule has 0 unspecified atom stereocenters. The number of hydrogen-bond acceptors (Lipinski definition) is 3. The fraction of sp³-hybridized carbons (Fsp3) is 0.786. The fourth-order valence-corrected chi connectivity index (χ4v) is 2.44. The van der Waals surface area contributed by atoms with E-state index < -0.39 is 0 Å². The Morgan fingerprint density at radius 1 is 1.44 bits per heavy atom. The Hall–Kier alpha value is -0.480. The second kappa shape index (κ2) is 8.59. The third-order valence-electron chi connectivity index (χ3n) is 2.80. The summed E-state index contributed by atoms with van der Waals surface area (Å²) in [6.45, 7) is 11.8. The van der Waals surface area contributed by atoms with Crippen molar-refractivity contribution in [1.29, 1.82) is 0 Å². The van der Waals surface area contributed by atoms with Crippen molar-refractivity contribution in [1.82, 2.24) is 15.1 Å². The number of hydrogen-bond donors (Lipinski definition) is 1. The number of nitrogens with one attached hydrogen (secondary N) is 1. The van der Waals surface area contributed by atoms with E-state index >= 15 is 0 Å². The zero-order valence-corrected chi connectivity index (χ0v) is 13.0. The van der Waals surface area contributed by atoms with Crippen LogP contribution in [-0.2, 0) is 13.1 Å². The topological polar surface area (TPSA) is 29.9 Å². The first-order valence-electron chi connectivity index (χ1n) is 6.94. The van der Waals surface area contributed by atoms with E-state index in [4.69, 9.17) is 0 Å². The molecule has 1 rings (SSSR count). The van der Waals surface area contributed by atoms with Crippen LogP contribution in [0.5, 0.6) is 0 Å². The molecule has 0 fully saturated rings. The Bertz CT molecular complexity index is 334. The van der Waals surface area contributed by atoms with Gasteiger partial charge >= 0.3 is 0 Å². The van der Waals surface area contributed by atoms with Crippen molar-refractivity contribution in [3.8, 4) is 0 Å². The summed E-state index contributed by atoms with van der Waals surface area (Å²) in [4.78, 5) is 0. The molecule has 0 saturated carbocycles. The van der Waals surface area contributed by atoms with Gasteiger partial charge in [0, 0.05) is 24.8 Å². The first-order valence-corrected chi connectivity index (χ1v) is 8.10. The number of nitrogens with zero attached hydrogens (tertiary/aromatic N) is 2. The molecule has 0 aromatic carbocycles. The SMILES string of the molecule is CCSCCCn1cc(CNCC(C)C)c(C)n1. The van der Waals surface area contributed by atoms with Crippen molar-refractivity contribution >= 4 is 11.8 Å². The second-order valence-electron chi connectivity index (χ2n) is 5.08. The fourth-order valence-electron chi connectivity index (χ4n) is 1.82. The lowest BCUT2D eigenvalue weighted by molar-refractivity contribution is 0.551. The van der Waals surface area contributed by atoms with Gasteiger partial charge in [0.15, 0.2) is 0 Å². The van der Waals surface area contributed by atoms with Crippen molar-refractivity contribution in [2.45, 2.75) is 47.2 Å². The van der Waals surface area contributed by atoms with E-state index in [1.165, 1.54) is 23.5 Å². The normalized spacial score (nSPS) is 11.4. The van der Waals surface area contributed by atoms with E-state index in [-0.39, 0.29) is 0 Å².